The Bertz CT molecular complexity index is 448. The number of carbonyl (C=O) groups is 2. The molecule has 1 atom stereocenters. The maximum atomic E-state index is 11.0. The Balaban J connectivity index is 2.72. The van der Waals surface area contributed by atoms with Crippen molar-refractivity contribution in [2.75, 3.05) is 5.75 Å². The quantitative estimate of drug-likeness (QED) is 0.718. The average Bonchev–Trinajstić information content (AvgIpc) is 2.36. The van der Waals surface area contributed by atoms with Crippen molar-refractivity contribution in [2.45, 2.75) is 34.8 Å². The Hall–Kier alpha value is -1.14. The van der Waals surface area contributed by atoms with Crippen LogP contribution >= 0.6 is 23.5 Å². The molecule has 0 aliphatic carbocycles. The number of hydrogen-bond acceptors (Lipinski definition) is 4. The second-order valence-corrected chi connectivity index (χ2v) is 6.17. The molecule has 2 N–H and O–H groups in total. The van der Waals surface area contributed by atoms with Crippen LogP contribution in [-0.2, 0) is 9.59 Å². The van der Waals surface area contributed by atoms with Gasteiger partial charge in [0.2, 0.25) is 0 Å². The molecule has 0 aliphatic heterocycles. The van der Waals surface area contributed by atoms with E-state index in [0.29, 0.717) is 12.2 Å². The molecular weight excluding hydrogens is 284 g/mol. The van der Waals surface area contributed by atoms with Crippen molar-refractivity contribution in [3.8, 4) is 0 Å². The van der Waals surface area contributed by atoms with Crippen molar-refractivity contribution in [2.24, 2.45) is 0 Å². The van der Waals surface area contributed by atoms with Crippen LogP contribution in [0.15, 0.2) is 34.1 Å². The highest BCUT2D eigenvalue weighted by Crippen LogP contribution is 2.34. The SMILES string of the molecule is CCC(Sc1ccccc1SCCC(=O)O)C(=O)O. The van der Waals surface area contributed by atoms with E-state index < -0.39 is 17.2 Å². The van der Waals surface area contributed by atoms with Crippen molar-refractivity contribution in [1.29, 1.82) is 0 Å². The van der Waals surface area contributed by atoms with Gasteiger partial charge in [0.1, 0.15) is 5.25 Å². The van der Waals surface area contributed by atoms with Crippen LogP contribution in [0, 0.1) is 0 Å². The highest BCUT2D eigenvalue weighted by atomic mass is 32.2. The first-order chi connectivity index (χ1) is 9.04. The van der Waals surface area contributed by atoms with Gasteiger partial charge in [-0.2, -0.15) is 0 Å². The number of hydrogen-bond donors (Lipinski definition) is 2. The third-order valence-corrected chi connectivity index (χ3v) is 4.97. The highest BCUT2D eigenvalue weighted by Gasteiger charge is 2.18. The van der Waals surface area contributed by atoms with Crippen LogP contribution in [-0.4, -0.2) is 33.2 Å². The summed E-state index contributed by atoms with van der Waals surface area (Å²) in [5.74, 6) is -1.16. The Morgan fingerprint density at radius 1 is 1.21 bits per heavy atom. The van der Waals surface area contributed by atoms with E-state index in [0.717, 1.165) is 9.79 Å². The molecule has 0 amide bonds. The van der Waals surface area contributed by atoms with Crippen LogP contribution in [0.2, 0.25) is 0 Å². The molecule has 0 fully saturated rings. The topological polar surface area (TPSA) is 74.6 Å². The Morgan fingerprint density at radius 2 is 1.84 bits per heavy atom. The summed E-state index contributed by atoms with van der Waals surface area (Å²) in [5, 5.41) is 17.2. The first kappa shape index (κ1) is 15.9. The van der Waals surface area contributed by atoms with Crippen LogP contribution in [0.4, 0.5) is 0 Å². The molecule has 104 valence electrons. The molecule has 1 aromatic rings. The van der Waals surface area contributed by atoms with E-state index in [2.05, 4.69) is 0 Å². The molecule has 6 heteroatoms. The molecule has 1 aromatic carbocycles. The van der Waals surface area contributed by atoms with Gasteiger partial charge in [0.05, 0.1) is 6.42 Å². The molecule has 1 unspecified atom stereocenters. The minimum atomic E-state index is -0.824. The van der Waals surface area contributed by atoms with Gasteiger partial charge in [0, 0.05) is 15.5 Å². The standard InChI is InChI=1S/C13H16O4S2/c1-2-9(13(16)17)19-11-6-4-3-5-10(11)18-8-7-12(14)15/h3-6,9H,2,7-8H2,1H3,(H,14,15)(H,16,17). The number of carboxylic acids is 2. The summed E-state index contributed by atoms with van der Waals surface area (Å²) >= 11 is 2.76. The zero-order valence-electron chi connectivity index (χ0n) is 10.5. The van der Waals surface area contributed by atoms with Crippen LogP contribution in [0.3, 0.4) is 0 Å². The van der Waals surface area contributed by atoms with Crippen LogP contribution in [0.25, 0.3) is 0 Å². The highest BCUT2D eigenvalue weighted by molar-refractivity contribution is 8.03. The molecule has 0 aromatic heterocycles. The Morgan fingerprint density at radius 3 is 2.37 bits per heavy atom. The number of carboxylic acid groups (broad SMARTS) is 2. The van der Waals surface area contributed by atoms with Gasteiger partial charge in [-0.15, -0.1) is 23.5 Å². The fraction of sp³-hybridized carbons (Fsp3) is 0.385. The fourth-order valence-corrected chi connectivity index (χ4v) is 3.49. The minimum absolute atomic E-state index is 0.0970. The van der Waals surface area contributed by atoms with Gasteiger partial charge >= 0.3 is 11.9 Å². The Labute approximate surface area is 120 Å². The van der Waals surface area contributed by atoms with Gasteiger partial charge in [-0.1, -0.05) is 19.1 Å². The Kier molecular flexibility index (Phi) is 6.80. The molecule has 0 saturated heterocycles. The number of thioether (sulfide) groups is 2. The van der Waals surface area contributed by atoms with Gasteiger partial charge in [-0.05, 0) is 18.6 Å². The summed E-state index contributed by atoms with van der Waals surface area (Å²) in [5.41, 5.74) is 0. The summed E-state index contributed by atoms with van der Waals surface area (Å²) < 4.78 is 0. The van der Waals surface area contributed by atoms with Gasteiger partial charge in [0.15, 0.2) is 0 Å². The predicted molar refractivity (Wildman–Crippen MR) is 77.0 cm³/mol. The zero-order valence-corrected chi connectivity index (χ0v) is 12.2. The van der Waals surface area contributed by atoms with Gasteiger partial charge in [-0.3, -0.25) is 9.59 Å². The molecule has 0 spiro atoms. The first-order valence-electron chi connectivity index (χ1n) is 5.87. The summed E-state index contributed by atoms with van der Waals surface area (Å²) in [6, 6.07) is 7.50. The van der Waals surface area contributed by atoms with Crippen LogP contribution in [0.1, 0.15) is 19.8 Å². The third kappa shape index (κ3) is 5.57. The van der Waals surface area contributed by atoms with Crippen LogP contribution in [0.5, 0.6) is 0 Å². The van der Waals surface area contributed by atoms with Crippen molar-refractivity contribution in [3.63, 3.8) is 0 Å². The third-order valence-electron chi connectivity index (χ3n) is 2.34. The fourth-order valence-electron chi connectivity index (χ4n) is 1.38. The van der Waals surface area contributed by atoms with E-state index in [-0.39, 0.29) is 6.42 Å². The van der Waals surface area contributed by atoms with Gasteiger partial charge < -0.3 is 10.2 Å². The number of rotatable bonds is 8. The lowest BCUT2D eigenvalue weighted by Crippen LogP contribution is -2.14. The molecule has 0 bridgehead atoms. The zero-order chi connectivity index (χ0) is 14.3. The molecule has 0 radical (unpaired) electrons. The molecule has 0 heterocycles. The lowest BCUT2D eigenvalue weighted by Gasteiger charge is -2.12. The van der Waals surface area contributed by atoms with Crippen LogP contribution < -0.4 is 0 Å². The molecule has 1 rings (SSSR count). The van der Waals surface area contributed by atoms with E-state index >= 15 is 0 Å². The second kappa shape index (κ2) is 8.12. The van der Waals surface area contributed by atoms with E-state index in [1.54, 1.807) is 0 Å². The van der Waals surface area contributed by atoms with Gasteiger partial charge in [-0.25, -0.2) is 0 Å². The lowest BCUT2D eigenvalue weighted by atomic mass is 10.3. The summed E-state index contributed by atoms with van der Waals surface area (Å²) in [7, 11) is 0. The molecule has 0 aliphatic rings. The summed E-state index contributed by atoms with van der Waals surface area (Å²) in [6.07, 6.45) is 0.647. The maximum Gasteiger partial charge on any atom is 0.316 e. The number of aliphatic carboxylic acids is 2. The molecule has 19 heavy (non-hydrogen) atoms. The van der Waals surface area contributed by atoms with Crippen molar-refractivity contribution < 1.29 is 19.8 Å². The largest absolute Gasteiger partial charge is 0.481 e. The monoisotopic (exact) mass is 300 g/mol. The summed E-state index contributed by atoms with van der Waals surface area (Å²) in [4.78, 5) is 23.4. The first-order valence-corrected chi connectivity index (χ1v) is 7.74. The van der Waals surface area contributed by atoms with E-state index in [1.807, 2.05) is 31.2 Å². The maximum absolute atomic E-state index is 11.0. The van der Waals surface area contributed by atoms with E-state index in [9.17, 15) is 9.59 Å². The normalized spacial score (nSPS) is 12.1. The molecular formula is C13H16O4S2. The second-order valence-electron chi connectivity index (χ2n) is 3.79. The van der Waals surface area contributed by atoms with Crippen molar-refractivity contribution >= 4 is 35.5 Å². The predicted octanol–water partition coefficient (Wildman–Crippen LogP) is 3.21. The number of benzene rings is 1. The summed E-state index contributed by atoms with van der Waals surface area (Å²) in [6.45, 7) is 1.84. The molecule has 4 nitrogen and oxygen atoms in total. The molecule has 0 saturated carbocycles. The van der Waals surface area contributed by atoms with Crippen molar-refractivity contribution in [1.82, 2.24) is 0 Å². The average molecular weight is 300 g/mol. The van der Waals surface area contributed by atoms with E-state index in [4.69, 9.17) is 10.2 Å². The smallest absolute Gasteiger partial charge is 0.316 e. The lowest BCUT2D eigenvalue weighted by molar-refractivity contribution is -0.137. The minimum Gasteiger partial charge on any atom is -0.481 e. The van der Waals surface area contributed by atoms with Gasteiger partial charge in [0.25, 0.3) is 0 Å². The van der Waals surface area contributed by atoms with Crippen molar-refractivity contribution in [3.05, 3.63) is 24.3 Å². The van der Waals surface area contributed by atoms with E-state index in [1.165, 1.54) is 23.5 Å².